The summed E-state index contributed by atoms with van der Waals surface area (Å²) in [6.07, 6.45) is 13.8. The van der Waals surface area contributed by atoms with Crippen molar-refractivity contribution in [2.75, 3.05) is 0 Å². The molecule has 33 heavy (non-hydrogen) atoms. The van der Waals surface area contributed by atoms with Crippen LogP contribution < -0.4 is 0 Å². The number of carbonyl (C=O) groups is 1. The highest BCUT2D eigenvalue weighted by Gasteiger charge is 2.23. The van der Waals surface area contributed by atoms with Gasteiger partial charge < -0.3 is 15.3 Å². The highest BCUT2D eigenvalue weighted by molar-refractivity contribution is 5.85. The van der Waals surface area contributed by atoms with Gasteiger partial charge in [-0.05, 0) is 96.6 Å². The van der Waals surface area contributed by atoms with E-state index in [1.807, 2.05) is 13.0 Å². The zero-order valence-corrected chi connectivity index (χ0v) is 22.1. The Morgan fingerprint density at radius 1 is 1.15 bits per heavy atom. The fourth-order valence-electron chi connectivity index (χ4n) is 4.47. The quantitative estimate of drug-likeness (QED) is 0.190. The van der Waals surface area contributed by atoms with Crippen molar-refractivity contribution < 1.29 is 20.1 Å². The first-order chi connectivity index (χ1) is 15.3. The van der Waals surface area contributed by atoms with Gasteiger partial charge in [0.1, 0.15) is 0 Å². The first kappa shape index (κ1) is 29.4. The molecule has 0 bridgehead atoms. The van der Waals surface area contributed by atoms with Crippen LogP contribution in [-0.4, -0.2) is 33.0 Å². The molecule has 0 saturated heterocycles. The van der Waals surface area contributed by atoms with Gasteiger partial charge in [0.25, 0.3) is 0 Å². The molecule has 0 aromatic heterocycles. The lowest BCUT2D eigenvalue weighted by molar-refractivity contribution is -0.132. The number of aliphatic carboxylic acids is 1. The van der Waals surface area contributed by atoms with Crippen molar-refractivity contribution in [3.63, 3.8) is 0 Å². The van der Waals surface area contributed by atoms with Crippen molar-refractivity contribution in [2.45, 2.75) is 118 Å². The average molecular weight is 461 g/mol. The van der Waals surface area contributed by atoms with Gasteiger partial charge >= 0.3 is 5.97 Å². The summed E-state index contributed by atoms with van der Waals surface area (Å²) in [5, 5.41) is 29.9. The molecule has 3 N–H and O–H groups in total. The Bertz CT molecular complexity index is 766. The fourth-order valence-corrected chi connectivity index (χ4v) is 4.47. The molecule has 0 spiro atoms. The third-order valence-corrected chi connectivity index (χ3v) is 7.47. The van der Waals surface area contributed by atoms with E-state index in [0.717, 1.165) is 51.4 Å². The van der Waals surface area contributed by atoms with Gasteiger partial charge in [0.2, 0.25) is 0 Å². The molecule has 4 atom stereocenters. The van der Waals surface area contributed by atoms with Gasteiger partial charge in [-0.15, -0.1) is 0 Å². The molecule has 1 aliphatic carbocycles. The van der Waals surface area contributed by atoms with Crippen LogP contribution in [0.4, 0.5) is 0 Å². The molecule has 4 nitrogen and oxygen atoms in total. The van der Waals surface area contributed by atoms with E-state index < -0.39 is 11.6 Å². The monoisotopic (exact) mass is 460 g/mol. The Balaban J connectivity index is 2.32. The molecule has 0 radical (unpaired) electrons. The molecule has 188 valence electrons. The number of aliphatic hydroxyl groups is 2. The van der Waals surface area contributed by atoms with E-state index in [0.29, 0.717) is 17.9 Å². The highest BCUT2D eigenvalue weighted by atomic mass is 16.4. The predicted octanol–water partition coefficient (Wildman–Crippen LogP) is 7.14. The Hall–Kier alpha value is -1.65. The molecular formula is C29H48O4. The van der Waals surface area contributed by atoms with Crippen LogP contribution in [0.25, 0.3) is 0 Å². The summed E-state index contributed by atoms with van der Waals surface area (Å²) in [6, 6.07) is 0. The molecule has 0 aliphatic heterocycles. The third-order valence-electron chi connectivity index (χ3n) is 7.47. The molecule has 1 aliphatic rings. The Morgan fingerprint density at radius 3 is 2.42 bits per heavy atom. The number of carboxylic acids is 1. The Kier molecular flexibility index (Phi) is 12.4. The van der Waals surface area contributed by atoms with Gasteiger partial charge in [-0.25, -0.2) is 4.79 Å². The minimum Gasteiger partial charge on any atom is -0.478 e. The van der Waals surface area contributed by atoms with Crippen LogP contribution in [0.3, 0.4) is 0 Å². The Morgan fingerprint density at radius 2 is 1.79 bits per heavy atom. The fraction of sp³-hybridized carbons (Fsp3) is 0.690. The molecule has 0 aromatic rings. The maximum absolute atomic E-state index is 10.8. The van der Waals surface area contributed by atoms with Crippen LogP contribution in [-0.2, 0) is 4.79 Å². The van der Waals surface area contributed by atoms with E-state index in [-0.39, 0.29) is 12.0 Å². The van der Waals surface area contributed by atoms with Crippen LogP contribution >= 0.6 is 0 Å². The number of rotatable bonds is 14. The molecule has 0 fully saturated rings. The highest BCUT2D eigenvalue weighted by Crippen LogP contribution is 2.33. The van der Waals surface area contributed by atoms with Gasteiger partial charge in [0, 0.05) is 11.5 Å². The average Bonchev–Trinajstić information content (AvgIpc) is 2.73. The first-order valence-corrected chi connectivity index (χ1v) is 12.7. The second-order valence-corrected chi connectivity index (χ2v) is 10.6. The summed E-state index contributed by atoms with van der Waals surface area (Å²) in [4.78, 5) is 10.8. The van der Waals surface area contributed by atoms with Crippen molar-refractivity contribution in [1.82, 2.24) is 0 Å². The van der Waals surface area contributed by atoms with E-state index in [1.165, 1.54) is 22.3 Å². The number of aliphatic hydroxyl groups excluding tert-OH is 1. The maximum Gasteiger partial charge on any atom is 0.330 e. The molecule has 1 rings (SSSR count). The Labute approximate surface area is 202 Å². The predicted molar refractivity (Wildman–Crippen MR) is 138 cm³/mol. The zero-order valence-electron chi connectivity index (χ0n) is 22.1. The summed E-state index contributed by atoms with van der Waals surface area (Å²) in [5.74, 6) is -0.0579. The zero-order chi connectivity index (χ0) is 25.2. The summed E-state index contributed by atoms with van der Waals surface area (Å²) >= 11 is 0. The smallest absolute Gasteiger partial charge is 0.330 e. The van der Waals surface area contributed by atoms with Crippen LogP contribution in [0.15, 0.2) is 46.1 Å². The van der Waals surface area contributed by atoms with Crippen LogP contribution in [0.2, 0.25) is 0 Å². The molecular weight excluding hydrogens is 412 g/mol. The van der Waals surface area contributed by atoms with Gasteiger partial charge in [0.05, 0.1) is 11.7 Å². The second-order valence-electron chi connectivity index (χ2n) is 10.6. The number of hydrogen-bond donors (Lipinski definition) is 3. The lowest BCUT2D eigenvalue weighted by Gasteiger charge is -2.27. The third kappa shape index (κ3) is 10.9. The normalized spacial score (nSPS) is 22.8. The van der Waals surface area contributed by atoms with Gasteiger partial charge in [-0.2, -0.15) is 0 Å². The van der Waals surface area contributed by atoms with E-state index in [4.69, 9.17) is 5.11 Å². The van der Waals surface area contributed by atoms with Crippen molar-refractivity contribution in [3.8, 4) is 0 Å². The number of allylic oxidation sites excluding steroid dienone is 5. The van der Waals surface area contributed by atoms with E-state index in [9.17, 15) is 15.0 Å². The molecule has 0 saturated carbocycles. The minimum absolute atomic E-state index is 0.214. The topological polar surface area (TPSA) is 77.8 Å². The second kappa shape index (κ2) is 13.9. The van der Waals surface area contributed by atoms with E-state index in [1.54, 1.807) is 13.0 Å². The molecule has 4 heteroatoms. The summed E-state index contributed by atoms with van der Waals surface area (Å²) in [5.41, 5.74) is 4.93. The van der Waals surface area contributed by atoms with Gasteiger partial charge in [0.15, 0.2) is 0 Å². The lowest BCUT2D eigenvalue weighted by atomic mass is 9.81. The lowest BCUT2D eigenvalue weighted by Crippen LogP contribution is -2.24. The SMILES string of the molecule is CC1=C(C)C(C)C(O)C=C1CCC(C)CCCC(C)(O)CCC/C(C)=C/C/C=C(\C)C(=O)O. The molecule has 0 heterocycles. The largest absolute Gasteiger partial charge is 0.478 e. The standard InChI is InChI=1S/C29H48O4/c1-20(11-8-14-22(3)28(31)32)12-9-17-29(7,33)18-10-13-21(2)15-16-26-19-27(30)25(6)23(4)24(26)5/h11,14,19,21,25,27,30,33H,8-10,12-13,15-18H2,1-7H3,(H,31,32)/b20-11+,22-14+. The van der Waals surface area contributed by atoms with E-state index >= 15 is 0 Å². The van der Waals surface area contributed by atoms with Crippen molar-refractivity contribution in [2.24, 2.45) is 11.8 Å². The molecule has 4 unspecified atom stereocenters. The number of hydrogen-bond acceptors (Lipinski definition) is 3. The van der Waals surface area contributed by atoms with Crippen LogP contribution in [0, 0.1) is 11.8 Å². The van der Waals surface area contributed by atoms with Gasteiger partial charge in [-0.3, -0.25) is 0 Å². The maximum atomic E-state index is 10.8. The summed E-state index contributed by atoms with van der Waals surface area (Å²) in [6.45, 7) is 14.3. The number of carboxylic acid groups (broad SMARTS) is 1. The van der Waals surface area contributed by atoms with Crippen LogP contribution in [0.1, 0.15) is 106 Å². The van der Waals surface area contributed by atoms with Crippen molar-refractivity contribution in [3.05, 3.63) is 46.1 Å². The van der Waals surface area contributed by atoms with E-state index in [2.05, 4.69) is 40.7 Å². The first-order valence-electron chi connectivity index (χ1n) is 12.7. The minimum atomic E-state index is -0.868. The molecule has 0 amide bonds. The summed E-state index contributed by atoms with van der Waals surface area (Å²) < 4.78 is 0. The van der Waals surface area contributed by atoms with Crippen molar-refractivity contribution >= 4 is 5.97 Å². The van der Waals surface area contributed by atoms with Gasteiger partial charge in [-0.1, -0.05) is 56.1 Å². The van der Waals surface area contributed by atoms with Crippen LogP contribution in [0.5, 0.6) is 0 Å². The molecule has 0 aromatic carbocycles. The summed E-state index contributed by atoms with van der Waals surface area (Å²) in [7, 11) is 0. The van der Waals surface area contributed by atoms with Crippen molar-refractivity contribution in [1.29, 1.82) is 0 Å².